The van der Waals surface area contributed by atoms with Crippen LogP contribution in [0.1, 0.15) is 18.6 Å². The van der Waals surface area contributed by atoms with Crippen LogP contribution < -0.4 is 9.47 Å². The van der Waals surface area contributed by atoms with E-state index in [2.05, 4.69) is 29.4 Å². The predicted molar refractivity (Wildman–Crippen MR) is 69.8 cm³/mol. The van der Waals surface area contributed by atoms with Crippen LogP contribution in [-0.2, 0) is 4.74 Å². The molecule has 1 aliphatic rings. The van der Waals surface area contributed by atoms with Crippen LogP contribution in [0, 0.1) is 0 Å². The van der Waals surface area contributed by atoms with Gasteiger partial charge in [-0.05, 0) is 24.6 Å². The third-order valence-corrected chi connectivity index (χ3v) is 3.02. The Bertz CT molecular complexity index is 404. The third kappa shape index (κ3) is 2.82. The number of ether oxygens (including phenoxy) is 3. The van der Waals surface area contributed by atoms with Gasteiger partial charge in [0, 0.05) is 4.83 Å². The molecule has 2 atom stereocenters. The highest BCUT2D eigenvalue weighted by atomic mass is 79.9. The van der Waals surface area contributed by atoms with Gasteiger partial charge in [0.2, 0.25) is 6.79 Å². The van der Waals surface area contributed by atoms with E-state index in [4.69, 9.17) is 14.2 Å². The Hall–Kier alpha value is -1.00. The van der Waals surface area contributed by atoms with E-state index in [0.717, 1.165) is 17.1 Å². The summed E-state index contributed by atoms with van der Waals surface area (Å²) in [5.41, 5.74) is 1.07. The summed E-state index contributed by atoms with van der Waals surface area (Å²) >= 11 is 3.56. The fraction of sp³-hybridized carbons (Fsp3) is 0.385. The summed E-state index contributed by atoms with van der Waals surface area (Å²) in [5.74, 6) is 1.57. The third-order valence-electron chi connectivity index (χ3n) is 2.54. The minimum Gasteiger partial charge on any atom is -0.454 e. The van der Waals surface area contributed by atoms with Gasteiger partial charge in [-0.1, -0.05) is 28.1 Å². The number of hydrogen-bond acceptors (Lipinski definition) is 3. The van der Waals surface area contributed by atoms with Crippen molar-refractivity contribution in [2.45, 2.75) is 17.9 Å². The minimum atomic E-state index is -0.0255. The summed E-state index contributed by atoms with van der Waals surface area (Å²) in [7, 11) is 0. The molecule has 2 rings (SSSR count). The number of benzene rings is 1. The van der Waals surface area contributed by atoms with Crippen LogP contribution in [0.3, 0.4) is 0 Å². The van der Waals surface area contributed by atoms with Crippen molar-refractivity contribution in [3.8, 4) is 11.5 Å². The maximum absolute atomic E-state index is 5.74. The normalized spacial score (nSPS) is 16.6. The molecule has 0 saturated carbocycles. The van der Waals surface area contributed by atoms with Crippen LogP contribution in [-0.4, -0.2) is 18.2 Å². The SMILES string of the molecule is C=CCO[C@@H](c1ccc2c(c1)OCO2)[C@H](C)Br. The van der Waals surface area contributed by atoms with Crippen LogP contribution in [0.5, 0.6) is 11.5 Å². The quantitative estimate of drug-likeness (QED) is 0.616. The molecule has 0 amide bonds. The first-order valence-corrected chi connectivity index (χ1v) is 6.40. The van der Waals surface area contributed by atoms with E-state index in [-0.39, 0.29) is 10.9 Å². The van der Waals surface area contributed by atoms with Gasteiger partial charge < -0.3 is 14.2 Å². The van der Waals surface area contributed by atoms with Gasteiger partial charge in [0.1, 0.15) is 0 Å². The fourth-order valence-corrected chi connectivity index (χ4v) is 2.21. The summed E-state index contributed by atoms with van der Waals surface area (Å²) in [6, 6.07) is 5.88. The summed E-state index contributed by atoms with van der Waals surface area (Å²) in [6.07, 6.45) is 1.72. The van der Waals surface area contributed by atoms with Crippen molar-refractivity contribution in [1.82, 2.24) is 0 Å². The van der Waals surface area contributed by atoms with Crippen LogP contribution >= 0.6 is 15.9 Å². The van der Waals surface area contributed by atoms with Gasteiger partial charge in [-0.15, -0.1) is 6.58 Å². The summed E-state index contributed by atoms with van der Waals surface area (Å²) in [4.78, 5) is 0.211. The molecule has 0 spiro atoms. The number of hydrogen-bond donors (Lipinski definition) is 0. The number of rotatable bonds is 5. The van der Waals surface area contributed by atoms with E-state index in [1.54, 1.807) is 6.08 Å². The van der Waals surface area contributed by atoms with Gasteiger partial charge in [-0.3, -0.25) is 0 Å². The van der Waals surface area contributed by atoms with Crippen LogP contribution in [0.25, 0.3) is 0 Å². The summed E-state index contributed by atoms with van der Waals surface area (Å²) in [5, 5.41) is 0. The van der Waals surface area contributed by atoms with E-state index in [9.17, 15) is 0 Å². The zero-order valence-electron chi connectivity index (χ0n) is 9.69. The van der Waals surface area contributed by atoms with Crippen molar-refractivity contribution in [3.63, 3.8) is 0 Å². The molecule has 92 valence electrons. The zero-order valence-corrected chi connectivity index (χ0v) is 11.3. The Morgan fingerprint density at radius 3 is 2.94 bits per heavy atom. The molecule has 0 saturated heterocycles. The smallest absolute Gasteiger partial charge is 0.231 e. The lowest BCUT2D eigenvalue weighted by atomic mass is 10.1. The molecule has 0 radical (unpaired) electrons. The summed E-state index contributed by atoms with van der Waals surface area (Å²) in [6.45, 7) is 6.53. The van der Waals surface area contributed by atoms with E-state index < -0.39 is 0 Å². The Morgan fingerprint density at radius 1 is 1.47 bits per heavy atom. The van der Waals surface area contributed by atoms with Crippen LogP contribution in [0.4, 0.5) is 0 Å². The second-order valence-electron chi connectivity index (χ2n) is 3.83. The van der Waals surface area contributed by atoms with Crippen molar-refractivity contribution in [2.75, 3.05) is 13.4 Å². The Balaban J connectivity index is 2.20. The lowest BCUT2D eigenvalue weighted by Gasteiger charge is -2.20. The first-order valence-electron chi connectivity index (χ1n) is 5.48. The topological polar surface area (TPSA) is 27.7 Å². The van der Waals surface area contributed by atoms with Gasteiger partial charge in [-0.25, -0.2) is 0 Å². The van der Waals surface area contributed by atoms with Crippen molar-refractivity contribution in [3.05, 3.63) is 36.4 Å². The van der Waals surface area contributed by atoms with Gasteiger partial charge in [-0.2, -0.15) is 0 Å². The molecule has 3 nitrogen and oxygen atoms in total. The minimum absolute atomic E-state index is 0.0255. The molecule has 17 heavy (non-hydrogen) atoms. The van der Waals surface area contributed by atoms with E-state index >= 15 is 0 Å². The average molecular weight is 299 g/mol. The highest BCUT2D eigenvalue weighted by Gasteiger charge is 2.21. The molecule has 0 aliphatic carbocycles. The number of halogens is 1. The monoisotopic (exact) mass is 298 g/mol. The molecule has 0 unspecified atom stereocenters. The van der Waals surface area contributed by atoms with Gasteiger partial charge in [0.25, 0.3) is 0 Å². The molecular formula is C13H15BrO3. The lowest BCUT2D eigenvalue weighted by molar-refractivity contribution is 0.0767. The maximum atomic E-state index is 5.74. The Kier molecular flexibility index (Phi) is 4.07. The molecule has 0 bridgehead atoms. The van der Waals surface area contributed by atoms with Crippen LogP contribution in [0.2, 0.25) is 0 Å². The van der Waals surface area contributed by atoms with Crippen molar-refractivity contribution < 1.29 is 14.2 Å². The molecule has 4 heteroatoms. The average Bonchev–Trinajstić information content (AvgIpc) is 2.76. The van der Waals surface area contributed by atoms with E-state index in [0.29, 0.717) is 13.4 Å². The molecule has 0 N–H and O–H groups in total. The molecule has 0 fully saturated rings. The zero-order chi connectivity index (χ0) is 12.3. The first kappa shape index (κ1) is 12.5. The summed E-state index contributed by atoms with van der Waals surface area (Å²) < 4.78 is 16.4. The van der Waals surface area contributed by atoms with E-state index in [1.807, 2.05) is 18.2 Å². The molecular weight excluding hydrogens is 284 g/mol. The molecule has 1 aliphatic heterocycles. The molecule has 1 heterocycles. The van der Waals surface area contributed by atoms with Gasteiger partial charge >= 0.3 is 0 Å². The van der Waals surface area contributed by atoms with Gasteiger partial charge in [0.05, 0.1) is 12.7 Å². The van der Waals surface area contributed by atoms with Gasteiger partial charge in [0.15, 0.2) is 11.5 Å². The van der Waals surface area contributed by atoms with E-state index in [1.165, 1.54) is 0 Å². The fourth-order valence-electron chi connectivity index (χ4n) is 1.76. The Labute approximate surface area is 109 Å². The lowest BCUT2D eigenvalue weighted by Crippen LogP contribution is -2.13. The molecule has 1 aromatic carbocycles. The largest absolute Gasteiger partial charge is 0.454 e. The highest BCUT2D eigenvalue weighted by molar-refractivity contribution is 9.09. The van der Waals surface area contributed by atoms with Crippen LogP contribution in [0.15, 0.2) is 30.9 Å². The standard InChI is InChI=1S/C13H15BrO3/c1-3-6-15-13(9(2)14)10-4-5-11-12(7-10)17-8-16-11/h3-5,7,9,13H,1,6,8H2,2H3/t9-,13+/m0/s1. The number of fused-ring (bicyclic) bond motifs is 1. The van der Waals surface area contributed by atoms with Crippen molar-refractivity contribution >= 4 is 15.9 Å². The highest BCUT2D eigenvalue weighted by Crippen LogP contribution is 2.36. The first-order chi connectivity index (χ1) is 8.22. The molecule has 1 aromatic rings. The number of alkyl halides is 1. The maximum Gasteiger partial charge on any atom is 0.231 e. The van der Waals surface area contributed by atoms with Crippen molar-refractivity contribution in [1.29, 1.82) is 0 Å². The predicted octanol–water partition coefficient (Wildman–Crippen LogP) is 3.44. The van der Waals surface area contributed by atoms with Crippen molar-refractivity contribution in [2.24, 2.45) is 0 Å². The second kappa shape index (κ2) is 5.56. The second-order valence-corrected chi connectivity index (χ2v) is 5.28. The molecule has 0 aromatic heterocycles. The Morgan fingerprint density at radius 2 is 2.24 bits per heavy atom.